The largest absolute Gasteiger partial charge is 0.497 e. The van der Waals surface area contributed by atoms with Crippen molar-refractivity contribution in [2.24, 2.45) is 5.92 Å². The summed E-state index contributed by atoms with van der Waals surface area (Å²) in [6.07, 6.45) is 2.88. The van der Waals surface area contributed by atoms with Crippen LogP contribution in [0.1, 0.15) is 31.7 Å². The zero-order valence-corrected chi connectivity index (χ0v) is 19.4. The lowest BCUT2D eigenvalue weighted by atomic mass is 9.99. The Hall–Kier alpha value is -2.73. The molecule has 172 valence electrons. The molecule has 4 rings (SSSR count). The first-order valence-electron chi connectivity index (χ1n) is 11.6. The molecular formula is C26H34N2O4. The average molecular weight is 439 g/mol. The first-order chi connectivity index (χ1) is 15.6. The standard InChI is InChI=1S/C26H34N2O4/c1-4-25(29)28-11-12-31-26-22(17-28)13-21(20-8-5-9-23(14-20)30-3)15-24(26)32-18-19-7-6-10-27(2)16-19/h5,8-9,13-15,19H,4,6-7,10-12,16-18H2,1-3H3/t19-/m0/s1. The smallest absolute Gasteiger partial charge is 0.222 e. The van der Waals surface area contributed by atoms with E-state index in [-0.39, 0.29) is 5.91 Å². The van der Waals surface area contributed by atoms with E-state index in [0.29, 0.717) is 38.6 Å². The summed E-state index contributed by atoms with van der Waals surface area (Å²) in [6, 6.07) is 12.2. The summed E-state index contributed by atoms with van der Waals surface area (Å²) in [5, 5.41) is 0. The van der Waals surface area contributed by atoms with E-state index in [9.17, 15) is 4.79 Å². The number of hydrogen-bond acceptors (Lipinski definition) is 5. The van der Waals surface area contributed by atoms with Crippen LogP contribution in [0, 0.1) is 5.92 Å². The first kappa shape index (κ1) is 22.5. The number of hydrogen-bond donors (Lipinski definition) is 0. The van der Waals surface area contributed by atoms with Gasteiger partial charge in [0, 0.05) is 31.0 Å². The highest BCUT2D eigenvalue weighted by Gasteiger charge is 2.24. The summed E-state index contributed by atoms with van der Waals surface area (Å²) in [5.41, 5.74) is 3.07. The molecule has 1 atom stereocenters. The lowest BCUT2D eigenvalue weighted by Crippen LogP contribution is -2.34. The quantitative estimate of drug-likeness (QED) is 0.676. The lowest BCUT2D eigenvalue weighted by Gasteiger charge is -2.29. The monoisotopic (exact) mass is 438 g/mol. The topological polar surface area (TPSA) is 51.2 Å². The van der Waals surface area contributed by atoms with Gasteiger partial charge in [-0.3, -0.25) is 4.79 Å². The second-order valence-corrected chi connectivity index (χ2v) is 8.79. The molecule has 6 heteroatoms. The molecular weight excluding hydrogens is 404 g/mol. The van der Waals surface area contributed by atoms with Crippen LogP contribution in [-0.4, -0.2) is 62.7 Å². The predicted octanol–water partition coefficient (Wildman–Crippen LogP) is 4.21. The maximum absolute atomic E-state index is 12.4. The number of benzene rings is 2. The number of amides is 1. The van der Waals surface area contributed by atoms with Gasteiger partial charge < -0.3 is 24.0 Å². The van der Waals surface area contributed by atoms with E-state index in [0.717, 1.165) is 47.0 Å². The maximum atomic E-state index is 12.4. The molecule has 2 aromatic rings. The van der Waals surface area contributed by atoms with E-state index >= 15 is 0 Å². The Labute approximate surface area is 191 Å². The van der Waals surface area contributed by atoms with Crippen LogP contribution in [0.3, 0.4) is 0 Å². The Morgan fingerprint density at radius 2 is 2.06 bits per heavy atom. The minimum atomic E-state index is 0.140. The normalized spacial score (nSPS) is 19.0. The van der Waals surface area contributed by atoms with Gasteiger partial charge in [-0.2, -0.15) is 0 Å². The molecule has 1 saturated heterocycles. The van der Waals surface area contributed by atoms with Gasteiger partial charge in [0.25, 0.3) is 0 Å². The molecule has 32 heavy (non-hydrogen) atoms. The van der Waals surface area contributed by atoms with Crippen molar-refractivity contribution < 1.29 is 19.0 Å². The van der Waals surface area contributed by atoms with Crippen molar-refractivity contribution in [2.45, 2.75) is 32.7 Å². The molecule has 1 amide bonds. The fourth-order valence-electron chi connectivity index (χ4n) is 4.61. The molecule has 0 saturated carbocycles. The zero-order chi connectivity index (χ0) is 22.5. The van der Waals surface area contributed by atoms with Crippen LogP contribution in [0.2, 0.25) is 0 Å². The zero-order valence-electron chi connectivity index (χ0n) is 19.4. The van der Waals surface area contributed by atoms with E-state index in [2.05, 4.69) is 30.1 Å². The molecule has 1 fully saturated rings. The molecule has 0 unspecified atom stereocenters. The first-order valence-corrected chi connectivity index (χ1v) is 11.6. The van der Waals surface area contributed by atoms with E-state index in [1.807, 2.05) is 30.0 Å². The summed E-state index contributed by atoms with van der Waals surface area (Å²) < 4.78 is 18.0. The highest BCUT2D eigenvalue weighted by molar-refractivity contribution is 5.76. The van der Waals surface area contributed by atoms with Gasteiger partial charge in [0.05, 0.1) is 20.3 Å². The van der Waals surface area contributed by atoms with Gasteiger partial charge in [-0.15, -0.1) is 0 Å². The number of fused-ring (bicyclic) bond motifs is 1. The number of piperidine rings is 1. The highest BCUT2D eigenvalue weighted by atomic mass is 16.5. The fraction of sp³-hybridized carbons (Fsp3) is 0.500. The number of rotatable bonds is 6. The third kappa shape index (κ3) is 5.18. The number of likely N-dealkylation sites (tertiary alicyclic amines) is 1. The van der Waals surface area contributed by atoms with Crippen molar-refractivity contribution in [2.75, 3.05) is 47.0 Å². The molecule has 2 aliphatic heterocycles. The van der Waals surface area contributed by atoms with E-state index in [1.165, 1.54) is 12.8 Å². The predicted molar refractivity (Wildman–Crippen MR) is 125 cm³/mol. The minimum Gasteiger partial charge on any atom is -0.497 e. The molecule has 0 N–H and O–H groups in total. The van der Waals surface area contributed by atoms with Gasteiger partial charge in [-0.05, 0) is 61.8 Å². The maximum Gasteiger partial charge on any atom is 0.222 e. The third-order valence-corrected chi connectivity index (χ3v) is 6.36. The molecule has 0 bridgehead atoms. The van der Waals surface area contributed by atoms with Crippen molar-refractivity contribution in [3.05, 3.63) is 42.0 Å². The Bertz CT molecular complexity index is 945. The number of ether oxygens (including phenoxy) is 3. The lowest BCUT2D eigenvalue weighted by molar-refractivity contribution is -0.131. The Morgan fingerprint density at radius 1 is 1.19 bits per heavy atom. The second-order valence-electron chi connectivity index (χ2n) is 8.79. The fourth-order valence-corrected chi connectivity index (χ4v) is 4.61. The molecule has 6 nitrogen and oxygen atoms in total. The van der Waals surface area contributed by atoms with Crippen LogP contribution in [0.5, 0.6) is 17.2 Å². The number of carbonyl (C=O) groups excluding carboxylic acids is 1. The summed E-state index contributed by atoms with van der Waals surface area (Å²) in [5.74, 6) is 2.99. The Morgan fingerprint density at radius 3 is 2.84 bits per heavy atom. The Kier molecular flexibility index (Phi) is 7.20. The minimum absolute atomic E-state index is 0.140. The van der Waals surface area contributed by atoms with Crippen LogP contribution < -0.4 is 14.2 Å². The van der Waals surface area contributed by atoms with Gasteiger partial charge in [0.1, 0.15) is 12.4 Å². The van der Waals surface area contributed by atoms with Crippen LogP contribution in [-0.2, 0) is 11.3 Å². The van der Waals surface area contributed by atoms with Gasteiger partial charge >= 0.3 is 0 Å². The number of nitrogens with zero attached hydrogens (tertiary/aromatic N) is 2. The van der Waals surface area contributed by atoms with Crippen molar-refractivity contribution in [3.8, 4) is 28.4 Å². The molecule has 0 radical (unpaired) electrons. The SMILES string of the molecule is CCC(=O)N1CCOc2c(cc(-c3cccc(OC)c3)cc2OC[C@H]2CCCN(C)C2)C1. The molecule has 2 aliphatic rings. The van der Waals surface area contributed by atoms with Crippen molar-refractivity contribution in [1.82, 2.24) is 9.80 Å². The number of carbonyl (C=O) groups is 1. The van der Waals surface area contributed by atoms with Crippen molar-refractivity contribution in [3.63, 3.8) is 0 Å². The van der Waals surface area contributed by atoms with Crippen LogP contribution in [0.15, 0.2) is 36.4 Å². The summed E-state index contributed by atoms with van der Waals surface area (Å²) in [6.45, 7) is 6.36. The van der Waals surface area contributed by atoms with Gasteiger partial charge in [0.15, 0.2) is 11.5 Å². The molecule has 2 aromatic carbocycles. The second kappa shape index (κ2) is 10.3. The summed E-state index contributed by atoms with van der Waals surface area (Å²) in [7, 11) is 3.85. The van der Waals surface area contributed by atoms with Crippen LogP contribution in [0.4, 0.5) is 0 Å². The van der Waals surface area contributed by atoms with E-state index in [4.69, 9.17) is 14.2 Å². The number of methoxy groups -OCH3 is 1. The van der Waals surface area contributed by atoms with Crippen molar-refractivity contribution >= 4 is 5.91 Å². The molecule has 2 heterocycles. The van der Waals surface area contributed by atoms with Crippen LogP contribution >= 0.6 is 0 Å². The molecule has 0 spiro atoms. The summed E-state index contributed by atoms with van der Waals surface area (Å²) in [4.78, 5) is 16.7. The van der Waals surface area contributed by atoms with E-state index in [1.54, 1.807) is 7.11 Å². The van der Waals surface area contributed by atoms with Gasteiger partial charge in [-0.25, -0.2) is 0 Å². The third-order valence-electron chi connectivity index (χ3n) is 6.36. The molecule has 0 aromatic heterocycles. The summed E-state index contributed by atoms with van der Waals surface area (Å²) >= 11 is 0. The van der Waals surface area contributed by atoms with Crippen LogP contribution in [0.25, 0.3) is 11.1 Å². The highest BCUT2D eigenvalue weighted by Crippen LogP contribution is 2.39. The van der Waals surface area contributed by atoms with Crippen molar-refractivity contribution in [1.29, 1.82) is 0 Å². The molecule has 0 aliphatic carbocycles. The van der Waals surface area contributed by atoms with Gasteiger partial charge in [0.2, 0.25) is 5.91 Å². The van der Waals surface area contributed by atoms with E-state index < -0.39 is 0 Å². The van der Waals surface area contributed by atoms with Gasteiger partial charge in [-0.1, -0.05) is 19.1 Å². The average Bonchev–Trinajstić information content (AvgIpc) is 3.04. The Balaban J connectivity index is 1.67.